The number of rotatable bonds is 4. The molecule has 3 aromatic rings. The van der Waals surface area contributed by atoms with Crippen molar-refractivity contribution in [1.29, 1.82) is 0 Å². The van der Waals surface area contributed by atoms with Gasteiger partial charge in [0, 0.05) is 0 Å². The van der Waals surface area contributed by atoms with Crippen molar-refractivity contribution in [2.24, 2.45) is 0 Å². The van der Waals surface area contributed by atoms with Gasteiger partial charge in [-0.05, 0) is 31.2 Å². The van der Waals surface area contributed by atoms with Crippen molar-refractivity contribution in [2.75, 3.05) is 10.9 Å². The lowest BCUT2D eigenvalue weighted by Gasteiger charge is -2.10. The Morgan fingerprint density at radius 3 is 2.17 bits per heavy atom. The highest BCUT2D eigenvalue weighted by atomic mass is 19.3. The summed E-state index contributed by atoms with van der Waals surface area (Å²) in [5.41, 5.74) is 5.59. The van der Waals surface area contributed by atoms with Crippen LogP contribution in [0.2, 0.25) is 0 Å². The van der Waals surface area contributed by atoms with E-state index >= 15 is 0 Å². The fourth-order valence-electron chi connectivity index (χ4n) is 2.16. The van der Waals surface area contributed by atoms with Gasteiger partial charge in [-0.15, -0.1) is 0 Å². The van der Waals surface area contributed by atoms with Crippen LogP contribution >= 0.6 is 0 Å². The fourth-order valence-corrected chi connectivity index (χ4v) is 2.16. The molecule has 0 radical (unpaired) electrons. The molecule has 0 fully saturated rings. The van der Waals surface area contributed by atoms with Crippen molar-refractivity contribution in [3.05, 3.63) is 70.1 Å². The van der Waals surface area contributed by atoms with E-state index in [1.165, 1.54) is 6.07 Å². The number of nitrogens with zero attached hydrogens (tertiary/aromatic N) is 2. The molecule has 2 N–H and O–H groups in total. The highest BCUT2D eigenvalue weighted by Gasteiger charge is 2.18. The molecule has 1 heterocycles. The van der Waals surface area contributed by atoms with Gasteiger partial charge in [0.1, 0.15) is 11.4 Å². The Morgan fingerprint density at radius 1 is 0.917 bits per heavy atom. The lowest BCUT2D eigenvalue weighted by molar-refractivity contribution is 0.147. The molecule has 7 heteroatoms. The summed E-state index contributed by atoms with van der Waals surface area (Å²) >= 11 is 0. The zero-order valence-corrected chi connectivity index (χ0v) is 12.8. The van der Waals surface area contributed by atoms with Crippen LogP contribution < -0.4 is 16.4 Å². The van der Waals surface area contributed by atoms with Gasteiger partial charge in [-0.1, -0.05) is 29.8 Å². The number of nitrogens with one attached hydrogen (secondary N) is 2. The van der Waals surface area contributed by atoms with Gasteiger partial charge >= 0.3 is 0 Å². The second kappa shape index (κ2) is 6.57. The lowest BCUT2D eigenvalue weighted by Crippen LogP contribution is -2.19. The number of benzene rings is 2. The van der Waals surface area contributed by atoms with Gasteiger partial charge in [0.15, 0.2) is 0 Å². The normalized spacial score (nSPS) is 10.8. The van der Waals surface area contributed by atoms with Gasteiger partial charge in [0.05, 0.1) is 16.7 Å². The third kappa shape index (κ3) is 3.29. The van der Waals surface area contributed by atoms with Crippen LogP contribution in [0.4, 0.5) is 20.2 Å². The number of fused-ring (bicyclic) bond motifs is 1. The first kappa shape index (κ1) is 15.8. The average Bonchev–Trinajstić information content (AvgIpc) is 2.70. The van der Waals surface area contributed by atoms with E-state index in [2.05, 4.69) is 20.8 Å². The molecule has 3 rings (SSSR count). The van der Waals surface area contributed by atoms with Crippen molar-refractivity contribution in [2.45, 2.75) is 13.3 Å². The zero-order valence-electron chi connectivity index (χ0n) is 12.8. The van der Waals surface area contributed by atoms with Gasteiger partial charge in [-0.3, -0.25) is 10.2 Å². The molecule has 0 amide bonds. The maximum Gasteiger partial charge on any atom is 0.297 e. The van der Waals surface area contributed by atoms with E-state index in [0.29, 0.717) is 5.69 Å². The molecule has 24 heavy (non-hydrogen) atoms. The highest BCUT2D eigenvalue weighted by Crippen LogP contribution is 2.23. The molecule has 2 aromatic carbocycles. The molecule has 0 aliphatic rings. The highest BCUT2D eigenvalue weighted by molar-refractivity contribution is 5.74. The molecule has 0 spiro atoms. The summed E-state index contributed by atoms with van der Waals surface area (Å²) in [7, 11) is 0. The minimum absolute atomic E-state index is 0.230. The van der Waals surface area contributed by atoms with Crippen LogP contribution in [-0.4, -0.2) is 9.97 Å². The van der Waals surface area contributed by atoms with Gasteiger partial charge in [0.2, 0.25) is 0 Å². The predicted molar refractivity (Wildman–Crippen MR) is 89.2 cm³/mol. The Labute approximate surface area is 136 Å². The summed E-state index contributed by atoms with van der Waals surface area (Å²) in [6.45, 7) is 1.93. The first-order chi connectivity index (χ1) is 11.5. The number of halogens is 2. The first-order valence-electron chi connectivity index (χ1n) is 7.22. The summed E-state index contributed by atoms with van der Waals surface area (Å²) < 4.78 is 26.8. The molecular formula is C17H14F2N4O. The number of hydrogen-bond donors (Lipinski definition) is 2. The van der Waals surface area contributed by atoms with Crippen molar-refractivity contribution in [3.63, 3.8) is 0 Å². The van der Waals surface area contributed by atoms with Crippen LogP contribution in [0.25, 0.3) is 11.0 Å². The summed E-state index contributed by atoms with van der Waals surface area (Å²) in [6.07, 6.45) is -2.92. The second-order valence-corrected chi connectivity index (χ2v) is 5.19. The standard InChI is InChI=1S/C17H14F2N4O/c1-10-6-8-11(9-7-10)22-23-15-14(16(18)19)20-12-4-2-3-5-13(12)21-17(15)24/h2-9,16,22H,1H3,(H,21,23,24). The van der Waals surface area contributed by atoms with E-state index in [-0.39, 0.29) is 16.7 Å². The number of aromatic nitrogens is 2. The van der Waals surface area contributed by atoms with E-state index < -0.39 is 17.7 Å². The van der Waals surface area contributed by atoms with E-state index in [1.807, 2.05) is 19.1 Å². The van der Waals surface area contributed by atoms with E-state index in [9.17, 15) is 13.6 Å². The van der Waals surface area contributed by atoms with Gasteiger partial charge in [-0.2, -0.15) is 0 Å². The van der Waals surface area contributed by atoms with E-state index in [4.69, 9.17) is 0 Å². The monoisotopic (exact) mass is 328 g/mol. The second-order valence-electron chi connectivity index (χ2n) is 5.19. The molecule has 0 bridgehead atoms. The fraction of sp³-hybridized carbons (Fsp3) is 0.118. The number of anilines is 2. The van der Waals surface area contributed by atoms with Crippen molar-refractivity contribution < 1.29 is 8.78 Å². The summed E-state index contributed by atoms with van der Waals surface area (Å²) in [4.78, 5) is 20.0. The summed E-state index contributed by atoms with van der Waals surface area (Å²) in [5, 5.41) is 0. The molecule has 0 aliphatic carbocycles. The molecule has 5 nitrogen and oxygen atoms in total. The molecule has 0 saturated heterocycles. The van der Waals surface area contributed by atoms with Crippen LogP contribution in [0.1, 0.15) is 17.7 Å². The smallest absolute Gasteiger partial charge is 0.297 e. The van der Waals surface area contributed by atoms with E-state index in [0.717, 1.165) is 5.56 Å². The third-order valence-corrected chi connectivity index (χ3v) is 3.40. The molecule has 1 aromatic heterocycles. The Bertz CT molecular complexity index is 930. The van der Waals surface area contributed by atoms with Crippen LogP contribution in [0, 0.1) is 6.92 Å². The van der Waals surface area contributed by atoms with Gasteiger partial charge < -0.3 is 5.43 Å². The van der Waals surface area contributed by atoms with Crippen LogP contribution in [-0.2, 0) is 0 Å². The number of aryl methyl sites for hydroxylation is 1. The number of hydrogen-bond acceptors (Lipinski definition) is 5. The van der Waals surface area contributed by atoms with Crippen molar-refractivity contribution in [1.82, 2.24) is 9.97 Å². The molecule has 0 atom stereocenters. The Morgan fingerprint density at radius 2 is 1.54 bits per heavy atom. The van der Waals surface area contributed by atoms with Gasteiger partial charge in [0.25, 0.3) is 12.0 Å². The zero-order chi connectivity index (χ0) is 17.1. The predicted octanol–water partition coefficient (Wildman–Crippen LogP) is 3.68. The largest absolute Gasteiger partial charge is 0.301 e. The topological polar surface area (TPSA) is 66.9 Å². The number of alkyl halides is 2. The van der Waals surface area contributed by atoms with E-state index in [1.54, 1.807) is 30.3 Å². The van der Waals surface area contributed by atoms with Crippen LogP contribution in [0.15, 0.2) is 53.3 Å². The maximum atomic E-state index is 13.4. The summed E-state index contributed by atoms with van der Waals surface area (Å²) in [5.74, 6) is 0. The Hall–Kier alpha value is -3.09. The van der Waals surface area contributed by atoms with Gasteiger partial charge in [-0.25, -0.2) is 18.7 Å². The summed E-state index contributed by atoms with van der Waals surface area (Å²) in [6, 6.07) is 13.6. The number of hydrazine groups is 1. The van der Waals surface area contributed by atoms with Crippen LogP contribution in [0.5, 0.6) is 0 Å². The molecule has 0 aliphatic heterocycles. The van der Waals surface area contributed by atoms with Crippen LogP contribution in [0.3, 0.4) is 0 Å². The molecule has 0 unspecified atom stereocenters. The number of para-hydroxylation sites is 2. The average molecular weight is 328 g/mol. The maximum absolute atomic E-state index is 13.4. The molecular weight excluding hydrogens is 314 g/mol. The molecule has 122 valence electrons. The SMILES string of the molecule is Cc1ccc(NNc2c(C(F)F)nc3ccccc3nc2=O)cc1. The molecule has 0 saturated carbocycles. The Balaban J connectivity index is 2.05. The minimum Gasteiger partial charge on any atom is -0.301 e. The minimum atomic E-state index is -2.92. The first-order valence-corrected chi connectivity index (χ1v) is 7.22. The lowest BCUT2D eigenvalue weighted by atomic mass is 10.2. The Kier molecular flexibility index (Phi) is 4.33. The quantitative estimate of drug-likeness (QED) is 0.715. The van der Waals surface area contributed by atoms with Crippen molar-refractivity contribution in [3.8, 4) is 0 Å². The third-order valence-electron chi connectivity index (χ3n) is 3.40. The van der Waals surface area contributed by atoms with Crippen molar-refractivity contribution >= 4 is 22.4 Å².